The summed E-state index contributed by atoms with van der Waals surface area (Å²) in [6.07, 6.45) is 3.60. The Balaban J connectivity index is 0.000000461. The first-order valence-electron chi connectivity index (χ1n) is 3.85. The molecule has 0 saturated carbocycles. The molecule has 0 amide bonds. The van der Waals surface area contributed by atoms with Crippen molar-refractivity contribution in [3.63, 3.8) is 0 Å². The van der Waals surface area contributed by atoms with Gasteiger partial charge in [-0.25, -0.2) is 5.43 Å². The summed E-state index contributed by atoms with van der Waals surface area (Å²) in [5, 5.41) is 0. The molecule has 0 bridgehead atoms. The van der Waals surface area contributed by atoms with Crippen molar-refractivity contribution in [1.29, 1.82) is 0 Å². The van der Waals surface area contributed by atoms with Crippen LogP contribution in [-0.2, 0) is 0 Å². The molecule has 0 fully saturated rings. The Hall–Kier alpha value is -1.02. The van der Waals surface area contributed by atoms with Crippen LogP contribution < -0.4 is 10.9 Å². The second-order valence-electron chi connectivity index (χ2n) is 1.83. The van der Waals surface area contributed by atoms with Crippen molar-refractivity contribution >= 4 is 0 Å². The van der Waals surface area contributed by atoms with Gasteiger partial charge in [-0.05, 0) is 11.6 Å². The highest BCUT2D eigenvalue weighted by molar-refractivity contribution is 5.33. The van der Waals surface area contributed by atoms with Crippen molar-refractivity contribution in [3.8, 4) is 0 Å². The normalized spacial score (nSPS) is 14.7. The van der Waals surface area contributed by atoms with Crippen molar-refractivity contribution in [2.24, 2.45) is 0 Å². The monoisotopic (exact) mass is 152 g/mol. The van der Waals surface area contributed by atoms with Crippen LogP contribution in [0.1, 0.15) is 13.8 Å². The predicted octanol–water partition coefficient (Wildman–Crippen LogP) is 1.75. The molecular weight excluding hydrogens is 136 g/mol. The molecule has 0 saturated heterocycles. The van der Waals surface area contributed by atoms with Crippen molar-refractivity contribution in [2.75, 3.05) is 6.54 Å². The second kappa shape index (κ2) is 5.74. The minimum Gasteiger partial charge on any atom is -0.321 e. The lowest BCUT2D eigenvalue weighted by molar-refractivity contribution is 0.708. The molecule has 0 spiro atoms. The van der Waals surface area contributed by atoms with E-state index in [-0.39, 0.29) is 0 Å². The number of hydrogen-bond donors (Lipinski definition) is 2. The maximum Gasteiger partial charge on any atom is 0.0527 e. The summed E-state index contributed by atoms with van der Waals surface area (Å²) in [6, 6.07) is 0. The van der Waals surface area contributed by atoms with E-state index in [2.05, 4.69) is 24.0 Å². The first-order valence-corrected chi connectivity index (χ1v) is 3.85. The summed E-state index contributed by atoms with van der Waals surface area (Å²) in [7, 11) is 0. The third-order valence-electron chi connectivity index (χ3n) is 1.30. The summed E-state index contributed by atoms with van der Waals surface area (Å²) in [5.41, 5.74) is 8.11. The van der Waals surface area contributed by atoms with Crippen LogP contribution in [0.15, 0.2) is 36.6 Å². The molecule has 2 heteroatoms. The third-order valence-corrected chi connectivity index (χ3v) is 1.30. The Morgan fingerprint density at radius 3 is 2.27 bits per heavy atom. The van der Waals surface area contributed by atoms with Crippen molar-refractivity contribution in [1.82, 2.24) is 10.9 Å². The highest BCUT2D eigenvalue weighted by Gasteiger charge is 2.05. The Morgan fingerprint density at radius 2 is 1.91 bits per heavy atom. The zero-order chi connectivity index (χ0) is 8.69. The Bertz CT molecular complexity index is 150. The molecule has 1 heterocycles. The SMILES string of the molecule is C=CC1=C(C=C)NNC1.CC. The lowest BCUT2D eigenvalue weighted by atomic mass is 10.2. The molecule has 0 radical (unpaired) electrons. The minimum absolute atomic E-state index is 0.838. The average Bonchev–Trinajstić information content (AvgIpc) is 2.54. The molecule has 11 heavy (non-hydrogen) atoms. The summed E-state index contributed by atoms with van der Waals surface area (Å²) in [5.74, 6) is 0. The van der Waals surface area contributed by atoms with Crippen molar-refractivity contribution < 1.29 is 0 Å². The molecule has 0 unspecified atom stereocenters. The lowest BCUT2D eigenvalue weighted by Crippen LogP contribution is -2.22. The molecule has 0 aliphatic carbocycles. The van der Waals surface area contributed by atoms with Gasteiger partial charge in [-0.1, -0.05) is 33.1 Å². The van der Waals surface area contributed by atoms with Crippen LogP contribution in [0.3, 0.4) is 0 Å². The first kappa shape index (κ1) is 9.98. The summed E-state index contributed by atoms with van der Waals surface area (Å²) in [4.78, 5) is 0. The van der Waals surface area contributed by atoms with E-state index in [1.54, 1.807) is 6.08 Å². The van der Waals surface area contributed by atoms with Gasteiger partial charge >= 0.3 is 0 Å². The van der Waals surface area contributed by atoms with Gasteiger partial charge in [-0.3, -0.25) is 0 Å². The molecule has 2 nitrogen and oxygen atoms in total. The number of hydrazine groups is 1. The molecule has 2 N–H and O–H groups in total. The van der Waals surface area contributed by atoms with Gasteiger partial charge in [0.05, 0.1) is 5.70 Å². The van der Waals surface area contributed by atoms with Gasteiger partial charge in [-0.2, -0.15) is 0 Å². The number of nitrogens with one attached hydrogen (secondary N) is 2. The van der Waals surface area contributed by atoms with Gasteiger partial charge in [-0.15, -0.1) is 0 Å². The molecule has 1 aliphatic rings. The molecule has 0 atom stereocenters. The third kappa shape index (κ3) is 2.60. The highest BCUT2D eigenvalue weighted by atomic mass is 15.4. The van der Waals surface area contributed by atoms with E-state index >= 15 is 0 Å². The largest absolute Gasteiger partial charge is 0.321 e. The Kier molecular flexibility index (Phi) is 5.21. The van der Waals surface area contributed by atoms with E-state index in [1.807, 2.05) is 19.9 Å². The zero-order valence-corrected chi connectivity index (χ0v) is 7.28. The van der Waals surface area contributed by atoms with E-state index in [4.69, 9.17) is 0 Å². The van der Waals surface area contributed by atoms with Gasteiger partial charge in [0.15, 0.2) is 0 Å². The van der Waals surface area contributed by atoms with Crippen molar-refractivity contribution in [2.45, 2.75) is 13.8 Å². The maximum absolute atomic E-state index is 3.66. The fourth-order valence-corrected chi connectivity index (χ4v) is 0.774. The van der Waals surface area contributed by atoms with Crippen LogP contribution in [0.2, 0.25) is 0 Å². The fourth-order valence-electron chi connectivity index (χ4n) is 0.774. The molecule has 1 aliphatic heterocycles. The topological polar surface area (TPSA) is 24.1 Å². The molecule has 1 rings (SSSR count). The molecular formula is C9H16N2. The Morgan fingerprint density at radius 1 is 1.27 bits per heavy atom. The Labute approximate surface area is 68.7 Å². The standard InChI is InChI=1S/C7H10N2.C2H6/c1-3-6-5-8-9-7(6)4-2;1-2/h3-4,8-9H,1-2,5H2;1-2H3. The number of rotatable bonds is 2. The second-order valence-corrected chi connectivity index (χ2v) is 1.83. The van der Waals surface area contributed by atoms with E-state index in [1.165, 1.54) is 5.57 Å². The van der Waals surface area contributed by atoms with Gasteiger partial charge in [0.2, 0.25) is 0 Å². The van der Waals surface area contributed by atoms with Crippen LogP contribution in [0.5, 0.6) is 0 Å². The highest BCUT2D eigenvalue weighted by Crippen LogP contribution is 2.05. The summed E-state index contributed by atoms with van der Waals surface area (Å²) >= 11 is 0. The fraction of sp³-hybridized carbons (Fsp3) is 0.333. The molecule has 0 aromatic heterocycles. The zero-order valence-electron chi connectivity index (χ0n) is 7.28. The smallest absolute Gasteiger partial charge is 0.0527 e. The van der Waals surface area contributed by atoms with E-state index in [0.29, 0.717) is 0 Å². The quantitative estimate of drug-likeness (QED) is 0.630. The van der Waals surface area contributed by atoms with E-state index in [0.717, 1.165) is 12.2 Å². The van der Waals surface area contributed by atoms with Crippen LogP contribution in [-0.4, -0.2) is 6.54 Å². The molecule has 62 valence electrons. The lowest BCUT2D eigenvalue weighted by Gasteiger charge is -1.93. The van der Waals surface area contributed by atoms with E-state index < -0.39 is 0 Å². The molecule has 0 aromatic carbocycles. The van der Waals surface area contributed by atoms with Crippen LogP contribution in [0, 0.1) is 0 Å². The maximum atomic E-state index is 3.66. The van der Waals surface area contributed by atoms with Gasteiger partial charge in [0.1, 0.15) is 0 Å². The number of allylic oxidation sites excluding steroid dienone is 1. The van der Waals surface area contributed by atoms with Gasteiger partial charge < -0.3 is 5.43 Å². The van der Waals surface area contributed by atoms with Crippen molar-refractivity contribution in [3.05, 3.63) is 36.6 Å². The summed E-state index contributed by atoms with van der Waals surface area (Å²) < 4.78 is 0. The average molecular weight is 152 g/mol. The summed E-state index contributed by atoms with van der Waals surface area (Å²) in [6.45, 7) is 12.1. The van der Waals surface area contributed by atoms with Gasteiger partial charge in [0, 0.05) is 6.54 Å². The predicted molar refractivity (Wildman–Crippen MR) is 49.9 cm³/mol. The minimum atomic E-state index is 0.838. The van der Waals surface area contributed by atoms with Gasteiger partial charge in [0.25, 0.3) is 0 Å². The van der Waals surface area contributed by atoms with Crippen LogP contribution in [0.4, 0.5) is 0 Å². The number of hydrogen-bond acceptors (Lipinski definition) is 2. The first-order chi connectivity index (χ1) is 5.38. The molecule has 0 aromatic rings. The van der Waals surface area contributed by atoms with Crippen LogP contribution in [0.25, 0.3) is 0 Å². The van der Waals surface area contributed by atoms with E-state index in [9.17, 15) is 0 Å². The van der Waals surface area contributed by atoms with Crippen LogP contribution >= 0.6 is 0 Å².